The van der Waals surface area contributed by atoms with Crippen molar-refractivity contribution in [2.75, 3.05) is 4.90 Å². The highest BCUT2D eigenvalue weighted by atomic mass is 35.5. The molecule has 0 bridgehead atoms. The fourth-order valence-electron chi connectivity index (χ4n) is 2.22. The Morgan fingerprint density at radius 2 is 1.71 bits per heavy atom. The normalized spacial score (nSPS) is 22.3. The van der Waals surface area contributed by atoms with Gasteiger partial charge in [0.15, 0.2) is 0 Å². The third-order valence-corrected chi connectivity index (χ3v) is 3.87. The number of anilines is 1. The number of benzene rings is 1. The van der Waals surface area contributed by atoms with Gasteiger partial charge in [0.1, 0.15) is 11.6 Å². The van der Waals surface area contributed by atoms with Gasteiger partial charge in [0.25, 0.3) is 0 Å². The van der Waals surface area contributed by atoms with Crippen LogP contribution in [0.25, 0.3) is 0 Å². The van der Waals surface area contributed by atoms with Crippen molar-refractivity contribution in [2.24, 2.45) is 11.8 Å². The van der Waals surface area contributed by atoms with Crippen LogP contribution in [0, 0.1) is 17.7 Å². The third-order valence-electron chi connectivity index (χ3n) is 3.57. The molecular weight excluding hydrogens is 297 g/mol. The van der Waals surface area contributed by atoms with Crippen LogP contribution in [0.5, 0.6) is 5.75 Å². The fourth-order valence-corrected chi connectivity index (χ4v) is 2.41. The van der Waals surface area contributed by atoms with Gasteiger partial charge in [0.2, 0.25) is 11.8 Å². The molecule has 1 heterocycles. The topological polar surface area (TPSA) is 46.6 Å². The van der Waals surface area contributed by atoms with Crippen molar-refractivity contribution in [1.82, 2.24) is 0 Å². The molecule has 1 fully saturated rings. The van der Waals surface area contributed by atoms with Crippen molar-refractivity contribution >= 4 is 29.1 Å². The maximum atomic E-state index is 14.1. The molecule has 1 saturated heterocycles. The van der Waals surface area contributed by atoms with E-state index in [9.17, 15) is 14.0 Å². The Kier molecular flexibility index (Phi) is 4.23. The number of halogens is 2. The summed E-state index contributed by atoms with van der Waals surface area (Å²) >= 11 is 5.93. The van der Waals surface area contributed by atoms with Gasteiger partial charge in [-0.15, -0.1) is 0 Å². The van der Waals surface area contributed by atoms with Crippen LogP contribution in [0.1, 0.15) is 27.7 Å². The maximum absolute atomic E-state index is 14.1. The number of hydrogen-bond donors (Lipinski definition) is 0. The summed E-state index contributed by atoms with van der Waals surface area (Å²) < 4.78 is 19.6. The summed E-state index contributed by atoms with van der Waals surface area (Å²) in [5.41, 5.74) is -0.110. The first-order valence-corrected chi connectivity index (χ1v) is 7.15. The Morgan fingerprint density at radius 3 is 2.19 bits per heavy atom. The summed E-state index contributed by atoms with van der Waals surface area (Å²) in [5, 5.41) is 0.102. The number of ether oxygens (including phenoxy) is 1. The zero-order chi connectivity index (χ0) is 15.9. The summed E-state index contributed by atoms with van der Waals surface area (Å²) in [5.74, 6) is -2.24. The van der Waals surface area contributed by atoms with E-state index in [1.165, 1.54) is 6.07 Å². The number of carbonyl (C=O) groups is 2. The lowest BCUT2D eigenvalue weighted by Gasteiger charge is -2.18. The van der Waals surface area contributed by atoms with Crippen molar-refractivity contribution in [2.45, 2.75) is 33.8 Å². The summed E-state index contributed by atoms with van der Waals surface area (Å²) in [4.78, 5) is 25.2. The molecule has 4 nitrogen and oxygen atoms in total. The van der Waals surface area contributed by atoms with E-state index in [4.69, 9.17) is 16.3 Å². The molecule has 1 aromatic carbocycles. The van der Waals surface area contributed by atoms with Crippen LogP contribution in [0.15, 0.2) is 12.1 Å². The molecular formula is C15H17ClFNO3. The summed E-state index contributed by atoms with van der Waals surface area (Å²) in [6.45, 7) is 6.92. The lowest BCUT2D eigenvalue weighted by atomic mass is 10.00. The number of hydrogen-bond acceptors (Lipinski definition) is 3. The number of carbonyl (C=O) groups excluding carboxylic acids is 2. The Labute approximate surface area is 127 Å². The first-order chi connectivity index (χ1) is 9.73. The fraction of sp³-hybridized carbons (Fsp3) is 0.467. The van der Waals surface area contributed by atoms with E-state index in [-0.39, 0.29) is 22.6 Å². The van der Waals surface area contributed by atoms with Crippen molar-refractivity contribution in [3.05, 3.63) is 23.0 Å². The van der Waals surface area contributed by atoms with E-state index in [1.54, 1.807) is 27.7 Å². The van der Waals surface area contributed by atoms with E-state index < -0.39 is 29.5 Å². The quantitative estimate of drug-likeness (QED) is 0.803. The van der Waals surface area contributed by atoms with E-state index in [1.807, 2.05) is 0 Å². The lowest BCUT2D eigenvalue weighted by molar-refractivity contribution is -0.122. The molecule has 1 aliphatic rings. The molecule has 0 aromatic heterocycles. The van der Waals surface area contributed by atoms with E-state index in [0.717, 1.165) is 11.0 Å². The van der Waals surface area contributed by atoms with Crippen LogP contribution in [-0.2, 0) is 9.59 Å². The predicted octanol–water partition coefficient (Wildman–Crippen LogP) is 3.41. The van der Waals surface area contributed by atoms with Gasteiger partial charge in [-0.05, 0) is 19.9 Å². The molecule has 0 N–H and O–H groups in total. The van der Waals surface area contributed by atoms with Crippen molar-refractivity contribution < 1.29 is 18.7 Å². The average Bonchev–Trinajstić information content (AvgIpc) is 2.58. The zero-order valence-electron chi connectivity index (χ0n) is 12.3. The van der Waals surface area contributed by atoms with E-state index >= 15 is 0 Å². The number of nitrogens with zero attached hydrogens (tertiary/aromatic N) is 1. The molecule has 2 atom stereocenters. The Hall–Kier alpha value is -1.62. The molecule has 1 aromatic rings. The van der Waals surface area contributed by atoms with Crippen molar-refractivity contribution in [3.8, 4) is 5.75 Å². The molecule has 1 aliphatic heterocycles. The molecule has 21 heavy (non-hydrogen) atoms. The van der Waals surface area contributed by atoms with Crippen LogP contribution in [0.4, 0.5) is 10.1 Å². The van der Waals surface area contributed by atoms with Gasteiger partial charge in [-0.2, -0.15) is 0 Å². The maximum Gasteiger partial charge on any atom is 0.237 e. The second-order valence-corrected chi connectivity index (χ2v) is 5.90. The predicted molar refractivity (Wildman–Crippen MR) is 78.0 cm³/mol. The van der Waals surface area contributed by atoms with Gasteiger partial charge in [0.05, 0.1) is 16.8 Å². The molecule has 0 spiro atoms. The third kappa shape index (κ3) is 2.75. The van der Waals surface area contributed by atoms with Gasteiger partial charge in [0, 0.05) is 17.9 Å². The van der Waals surface area contributed by atoms with Gasteiger partial charge < -0.3 is 4.74 Å². The Morgan fingerprint density at radius 1 is 1.19 bits per heavy atom. The summed E-state index contributed by atoms with van der Waals surface area (Å²) in [6.07, 6.45) is -0.163. The van der Waals surface area contributed by atoms with E-state index in [0.29, 0.717) is 0 Å². The van der Waals surface area contributed by atoms with E-state index in [2.05, 4.69) is 0 Å². The standard InChI is InChI=1S/C15H17ClFNO3/c1-7(2)21-13-6-12(11(17)5-10(13)16)18-14(19)8(3)9(4)15(18)20/h5-9H,1-4H3. The highest BCUT2D eigenvalue weighted by Crippen LogP contribution is 2.37. The summed E-state index contributed by atoms with van der Waals surface area (Å²) in [6, 6.07) is 2.36. The monoisotopic (exact) mass is 313 g/mol. The lowest BCUT2D eigenvalue weighted by Crippen LogP contribution is -2.31. The average molecular weight is 314 g/mol. The SMILES string of the molecule is CC(C)Oc1cc(N2C(=O)C(C)C(C)C2=O)c(F)cc1Cl. The van der Waals surface area contributed by atoms with Crippen LogP contribution in [0.2, 0.25) is 5.02 Å². The minimum atomic E-state index is -0.723. The molecule has 6 heteroatoms. The summed E-state index contributed by atoms with van der Waals surface area (Å²) in [7, 11) is 0. The molecule has 2 unspecified atom stereocenters. The van der Waals surface area contributed by atoms with Crippen LogP contribution in [0.3, 0.4) is 0 Å². The second-order valence-electron chi connectivity index (χ2n) is 5.49. The van der Waals surface area contributed by atoms with Gasteiger partial charge in [-0.1, -0.05) is 25.4 Å². The van der Waals surface area contributed by atoms with Crippen molar-refractivity contribution in [3.63, 3.8) is 0 Å². The number of rotatable bonds is 3. The molecule has 0 saturated carbocycles. The Balaban J connectivity index is 2.49. The largest absolute Gasteiger partial charge is 0.489 e. The van der Waals surface area contributed by atoms with Gasteiger partial charge in [-0.25, -0.2) is 9.29 Å². The number of imide groups is 1. The molecule has 0 aliphatic carbocycles. The minimum Gasteiger partial charge on any atom is -0.489 e. The smallest absolute Gasteiger partial charge is 0.237 e. The number of amides is 2. The highest BCUT2D eigenvalue weighted by Gasteiger charge is 2.44. The molecule has 0 radical (unpaired) electrons. The zero-order valence-corrected chi connectivity index (χ0v) is 13.1. The highest BCUT2D eigenvalue weighted by molar-refractivity contribution is 6.32. The first kappa shape index (κ1) is 15.8. The van der Waals surface area contributed by atoms with Crippen LogP contribution < -0.4 is 9.64 Å². The molecule has 2 rings (SSSR count). The second kappa shape index (κ2) is 5.64. The van der Waals surface area contributed by atoms with Crippen LogP contribution >= 0.6 is 11.6 Å². The Bertz CT molecular complexity index is 583. The van der Waals surface area contributed by atoms with Crippen LogP contribution in [-0.4, -0.2) is 17.9 Å². The first-order valence-electron chi connectivity index (χ1n) is 6.77. The van der Waals surface area contributed by atoms with Gasteiger partial charge in [-0.3, -0.25) is 9.59 Å². The molecule has 2 amide bonds. The van der Waals surface area contributed by atoms with Crippen molar-refractivity contribution in [1.29, 1.82) is 0 Å². The van der Waals surface area contributed by atoms with Gasteiger partial charge >= 0.3 is 0 Å². The minimum absolute atomic E-state index is 0.102. The molecule has 114 valence electrons.